The summed E-state index contributed by atoms with van der Waals surface area (Å²) in [6.07, 6.45) is 0. The first-order valence-electron chi connectivity index (χ1n) is 21.1. The fourth-order valence-corrected chi connectivity index (χ4v) is 12.1. The molecule has 0 aliphatic carbocycles. The van der Waals surface area contributed by atoms with Crippen molar-refractivity contribution < 1.29 is 0 Å². The van der Waals surface area contributed by atoms with Gasteiger partial charge in [-0.15, -0.1) is 22.7 Å². The van der Waals surface area contributed by atoms with Crippen LogP contribution >= 0.6 is 22.7 Å². The molecule has 3 nitrogen and oxygen atoms in total. The minimum Gasteiger partial charge on any atom is -0.309 e. The average molecular weight is 828 g/mol. The number of hydrogen-bond acceptors (Lipinski definition) is 2. The van der Waals surface area contributed by atoms with Crippen LogP contribution in [0, 0.1) is 6.92 Å². The number of thiophene rings is 2. The number of para-hydroxylation sites is 4. The lowest BCUT2D eigenvalue weighted by Crippen LogP contribution is -1.93. The number of benzene rings is 8. The average Bonchev–Trinajstić information content (AvgIpc) is 4.14. The summed E-state index contributed by atoms with van der Waals surface area (Å²) in [5.74, 6) is 0. The van der Waals surface area contributed by atoms with Gasteiger partial charge in [0.1, 0.15) is 0 Å². The minimum atomic E-state index is 1.18. The number of aryl methyl sites for hydroxylation is 1. The molecule has 0 unspecified atom stereocenters. The van der Waals surface area contributed by atoms with E-state index in [1.807, 2.05) is 22.7 Å². The third-order valence-corrected chi connectivity index (χ3v) is 15.0. The molecule has 5 heteroatoms. The largest absolute Gasteiger partial charge is 0.309 e. The van der Waals surface area contributed by atoms with Gasteiger partial charge in [-0.3, -0.25) is 0 Å². The zero-order valence-electron chi connectivity index (χ0n) is 33.8. The van der Waals surface area contributed by atoms with E-state index >= 15 is 0 Å². The molecule has 0 saturated carbocycles. The van der Waals surface area contributed by atoms with E-state index in [0.29, 0.717) is 0 Å². The Bertz CT molecular complexity index is 3860. The molecule has 13 aromatic rings. The summed E-state index contributed by atoms with van der Waals surface area (Å²) < 4.78 is 9.90. The molecular weight excluding hydrogens is 791 g/mol. The second kappa shape index (κ2) is 13.8. The zero-order valence-corrected chi connectivity index (χ0v) is 35.4. The summed E-state index contributed by atoms with van der Waals surface area (Å²) in [7, 11) is 0. The number of hydrogen-bond donors (Lipinski definition) is 0. The van der Waals surface area contributed by atoms with E-state index < -0.39 is 0 Å². The van der Waals surface area contributed by atoms with E-state index in [1.165, 1.54) is 119 Å². The Balaban J connectivity index is 0.903. The Hall–Kier alpha value is -7.44. The van der Waals surface area contributed by atoms with Gasteiger partial charge in [-0.2, -0.15) is 0 Å². The van der Waals surface area contributed by atoms with E-state index in [2.05, 4.69) is 227 Å². The van der Waals surface area contributed by atoms with Crippen molar-refractivity contribution in [3.8, 4) is 49.1 Å². The van der Waals surface area contributed by atoms with E-state index in [4.69, 9.17) is 0 Å². The molecule has 5 heterocycles. The second-order valence-corrected chi connectivity index (χ2v) is 18.3. The molecule has 292 valence electrons. The van der Waals surface area contributed by atoms with Gasteiger partial charge in [0.2, 0.25) is 0 Å². The van der Waals surface area contributed by atoms with Crippen LogP contribution < -0.4 is 0 Å². The van der Waals surface area contributed by atoms with Crippen LogP contribution in [0.1, 0.15) is 5.56 Å². The summed E-state index contributed by atoms with van der Waals surface area (Å²) >= 11 is 3.81. The molecule has 0 atom stereocenters. The Morgan fingerprint density at radius 1 is 0.290 bits per heavy atom. The topological polar surface area (TPSA) is 14.8 Å². The number of aromatic nitrogens is 3. The van der Waals surface area contributed by atoms with Crippen LogP contribution in [0.25, 0.3) is 113 Å². The molecule has 0 amide bonds. The van der Waals surface area contributed by atoms with Crippen molar-refractivity contribution in [3.05, 3.63) is 212 Å². The lowest BCUT2D eigenvalue weighted by atomic mass is 10.0. The van der Waals surface area contributed by atoms with E-state index in [0.717, 1.165) is 0 Å². The van der Waals surface area contributed by atoms with Crippen LogP contribution in [0.15, 0.2) is 206 Å². The standard InChI is InChI=1S/C57H37N3S2/c1-36-13-12-18-43(31-36)60-49-22-11-9-20-45(49)47-33-40(28-30-51(47)60)55-35-53-57(62-55)56-52(59(53)42-16-6-3-7-17-42)34-54(61-56)38-25-23-37(24-26-38)39-27-29-50-46(32-39)44-19-8-10-21-48(44)58(50)41-14-4-2-5-15-41/h2-35H,1H3. The highest BCUT2D eigenvalue weighted by Crippen LogP contribution is 2.47. The number of fused-ring (bicyclic) bond motifs is 9. The summed E-state index contributed by atoms with van der Waals surface area (Å²) in [5, 5.41) is 5.08. The lowest BCUT2D eigenvalue weighted by molar-refractivity contribution is 1.17. The summed E-state index contributed by atoms with van der Waals surface area (Å²) in [6.45, 7) is 2.16. The smallest absolute Gasteiger partial charge is 0.0711 e. The zero-order chi connectivity index (χ0) is 40.9. The van der Waals surface area contributed by atoms with E-state index in [-0.39, 0.29) is 0 Å². The first kappa shape index (κ1) is 35.3. The number of rotatable bonds is 6. The van der Waals surface area contributed by atoms with Gasteiger partial charge >= 0.3 is 0 Å². The normalized spacial score (nSPS) is 12.0. The van der Waals surface area contributed by atoms with Crippen molar-refractivity contribution in [1.29, 1.82) is 0 Å². The predicted molar refractivity (Wildman–Crippen MR) is 266 cm³/mol. The fraction of sp³-hybridized carbons (Fsp3) is 0.0175. The summed E-state index contributed by atoms with van der Waals surface area (Å²) in [4.78, 5) is 2.55. The third-order valence-electron chi connectivity index (χ3n) is 12.5. The highest BCUT2D eigenvalue weighted by atomic mass is 32.1. The molecule has 0 N–H and O–H groups in total. The molecule has 8 aromatic carbocycles. The highest BCUT2D eigenvalue weighted by molar-refractivity contribution is 7.30. The molecule has 0 bridgehead atoms. The quantitative estimate of drug-likeness (QED) is 0.159. The van der Waals surface area contributed by atoms with Crippen molar-refractivity contribution in [1.82, 2.24) is 13.7 Å². The lowest BCUT2D eigenvalue weighted by Gasteiger charge is -2.09. The Morgan fingerprint density at radius 2 is 0.726 bits per heavy atom. The first-order valence-corrected chi connectivity index (χ1v) is 22.7. The van der Waals surface area contributed by atoms with Gasteiger partial charge in [-0.05, 0) is 120 Å². The Morgan fingerprint density at radius 3 is 1.32 bits per heavy atom. The minimum absolute atomic E-state index is 1.18. The van der Waals surface area contributed by atoms with Gasteiger partial charge < -0.3 is 13.7 Å². The van der Waals surface area contributed by atoms with Gasteiger partial charge in [-0.1, -0.05) is 121 Å². The monoisotopic (exact) mass is 827 g/mol. The van der Waals surface area contributed by atoms with Crippen molar-refractivity contribution in [2.45, 2.75) is 6.92 Å². The SMILES string of the molecule is Cc1cccc(-n2c3ccccc3c3cc(-c4cc5c(s4)c4sc(-c6ccc(-c7ccc8c(c7)c7ccccc7n8-c7ccccc7)cc6)cc4n5-c4ccccc4)ccc32)c1. The van der Waals surface area contributed by atoms with Crippen molar-refractivity contribution in [2.24, 2.45) is 0 Å². The molecular formula is C57H37N3S2. The molecule has 62 heavy (non-hydrogen) atoms. The fourth-order valence-electron chi connectivity index (χ4n) is 9.70. The van der Waals surface area contributed by atoms with Crippen LogP contribution in [-0.2, 0) is 0 Å². The van der Waals surface area contributed by atoms with Gasteiger partial charge in [0.05, 0.1) is 42.5 Å². The van der Waals surface area contributed by atoms with Crippen LogP contribution in [-0.4, -0.2) is 13.7 Å². The molecule has 0 spiro atoms. The molecule has 0 saturated heterocycles. The molecule has 5 aromatic heterocycles. The maximum absolute atomic E-state index is 2.46. The molecule has 0 aliphatic heterocycles. The number of nitrogens with zero attached hydrogens (tertiary/aromatic N) is 3. The van der Waals surface area contributed by atoms with Crippen LogP contribution in [0.3, 0.4) is 0 Å². The Kier molecular flexibility index (Phi) is 7.86. The van der Waals surface area contributed by atoms with E-state index in [9.17, 15) is 0 Å². The van der Waals surface area contributed by atoms with Crippen molar-refractivity contribution in [3.63, 3.8) is 0 Å². The van der Waals surface area contributed by atoms with Gasteiger partial charge in [0.25, 0.3) is 0 Å². The van der Waals surface area contributed by atoms with Gasteiger partial charge in [0, 0.05) is 48.4 Å². The second-order valence-electron chi connectivity index (χ2n) is 16.2. The van der Waals surface area contributed by atoms with Crippen LogP contribution in [0.2, 0.25) is 0 Å². The van der Waals surface area contributed by atoms with Crippen LogP contribution in [0.4, 0.5) is 0 Å². The maximum atomic E-state index is 2.46. The van der Waals surface area contributed by atoms with Gasteiger partial charge in [-0.25, -0.2) is 0 Å². The van der Waals surface area contributed by atoms with Crippen LogP contribution in [0.5, 0.6) is 0 Å². The maximum Gasteiger partial charge on any atom is 0.0711 e. The summed E-state index contributed by atoms with van der Waals surface area (Å²) in [6, 6.07) is 75.7. The first-order chi connectivity index (χ1) is 30.6. The summed E-state index contributed by atoms with van der Waals surface area (Å²) in [5.41, 5.74) is 17.1. The predicted octanol–water partition coefficient (Wildman–Crippen LogP) is 16.4. The highest BCUT2D eigenvalue weighted by Gasteiger charge is 2.21. The molecule has 13 rings (SSSR count). The van der Waals surface area contributed by atoms with Crippen molar-refractivity contribution >= 4 is 86.7 Å². The van der Waals surface area contributed by atoms with Gasteiger partial charge in [0.15, 0.2) is 0 Å². The third kappa shape index (κ3) is 5.42. The Labute approximate surface area is 366 Å². The van der Waals surface area contributed by atoms with Crippen molar-refractivity contribution in [2.75, 3.05) is 0 Å². The molecule has 0 radical (unpaired) electrons. The van der Waals surface area contributed by atoms with E-state index in [1.54, 1.807) is 0 Å². The molecule has 0 fully saturated rings. The molecule has 0 aliphatic rings.